The van der Waals surface area contributed by atoms with E-state index >= 15 is 0 Å². The number of hydrogen-bond donors (Lipinski definition) is 0. The quantitative estimate of drug-likeness (QED) is 0.746. The summed E-state index contributed by atoms with van der Waals surface area (Å²) in [4.78, 5) is 0. The van der Waals surface area contributed by atoms with Gasteiger partial charge in [-0.1, -0.05) is 15.9 Å². The van der Waals surface area contributed by atoms with Crippen LogP contribution in [0.4, 0.5) is 8.78 Å². The van der Waals surface area contributed by atoms with Gasteiger partial charge in [0.1, 0.15) is 11.5 Å². The lowest BCUT2D eigenvalue weighted by atomic mass is 10.1. The van der Waals surface area contributed by atoms with E-state index in [9.17, 15) is 8.78 Å². The number of benzene rings is 1. The average molecular weight is 295 g/mol. The molecule has 16 heavy (non-hydrogen) atoms. The SMILES string of the molecule is COc1ccc(OC(F)F)cc1CCCBr. The van der Waals surface area contributed by atoms with Gasteiger partial charge in [-0.25, -0.2) is 0 Å². The van der Waals surface area contributed by atoms with Gasteiger partial charge in [-0.15, -0.1) is 0 Å². The van der Waals surface area contributed by atoms with Gasteiger partial charge in [-0.05, 0) is 36.6 Å². The highest BCUT2D eigenvalue weighted by atomic mass is 79.9. The molecule has 90 valence electrons. The maximum absolute atomic E-state index is 12.0. The van der Waals surface area contributed by atoms with Crippen LogP contribution in [0.25, 0.3) is 0 Å². The summed E-state index contributed by atoms with van der Waals surface area (Å²) in [5.74, 6) is 0.864. The number of ether oxygens (including phenoxy) is 2. The molecule has 0 aliphatic rings. The molecule has 0 spiro atoms. The van der Waals surface area contributed by atoms with Crippen molar-refractivity contribution in [3.8, 4) is 11.5 Å². The van der Waals surface area contributed by atoms with Gasteiger partial charge in [0.15, 0.2) is 0 Å². The van der Waals surface area contributed by atoms with Crippen molar-refractivity contribution in [2.45, 2.75) is 19.5 Å². The number of aryl methyl sites for hydroxylation is 1. The van der Waals surface area contributed by atoms with Crippen molar-refractivity contribution in [3.63, 3.8) is 0 Å². The fourth-order valence-corrected chi connectivity index (χ4v) is 1.66. The molecular formula is C11H13BrF2O2. The second kappa shape index (κ2) is 6.68. The first-order valence-electron chi connectivity index (χ1n) is 4.85. The summed E-state index contributed by atoms with van der Waals surface area (Å²) in [5, 5.41) is 0.857. The molecule has 0 bridgehead atoms. The summed E-state index contributed by atoms with van der Waals surface area (Å²) in [6, 6.07) is 4.71. The summed E-state index contributed by atoms with van der Waals surface area (Å²) in [6.07, 6.45) is 1.67. The zero-order chi connectivity index (χ0) is 12.0. The second-order valence-electron chi connectivity index (χ2n) is 3.14. The molecule has 0 amide bonds. The zero-order valence-corrected chi connectivity index (χ0v) is 10.5. The highest BCUT2D eigenvalue weighted by molar-refractivity contribution is 9.09. The van der Waals surface area contributed by atoms with Crippen molar-refractivity contribution in [3.05, 3.63) is 23.8 Å². The molecule has 0 atom stereocenters. The van der Waals surface area contributed by atoms with E-state index in [1.807, 2.05) is 0 Å². The Kier molecular flexibility index (Phi) is 5.52. The van der Waals surface area contributed by atoms with Gasteiger partial charge in [0.2, 0.25) is 0 Å². The van der Waals surface area contributed by atoms with Crippen LogP contribution in [-0.4, -0.2) is 19.1 Å². The molecule has 0 unspecified atom stereocenters. The topological polar surface area (TPSA) is 18.5 Å². The van der Waals surface area contributed by atoms with Crippen LogP contribution in [-0.2, 0) is 6.42 Å². The first kappa shape index (κ1) is 13.2. The Hall–Kier alpha value is -0.840. The van der Waals surface area contributed by atoms with E-state index in [1.54, 1.807) is 19.2 Å². The summed E-state index contributed by atoms with van der Waals surface area (Å²) in [6.45, 7) is -2.79. The van der Waals surface area contributed by atoms with Gasteiger partial charge >= 0.3 is 6.61 Å². The summed E-state index contributed by atoms with van der Waals surface area (Å²) >= 11 is 3.32. The van der Waals surface area contributed by atoms with Crippen molar-refractivity contribution < 1.29 is 18.3 Å². The van der Waals surface area contributed by atoms with Crippen LogP contribution in [0.2, 0.25) is 0 Å². The van der Waals surface area contributed by atoms with Crippen molar-refractivity contribution in [1.29, 1.82) is 0 Å². The Morgan fingerprint density at radius 3 is 2.69 bits per heavy atom. The van der Waals surface area contributed by atoms with Gasteiger partial charge in [0.05, 0.1) is 7.11 Å². The Labute approximate surface area is 102 Å². The lowest BCUT2D eigenvalue weighted by Gasteiger charge is -2.10. The van der Waals surface area contributed by atoms with E-state index in [2.05, 4.69) is 20.7 Å². The minimum absolute atomic E-state index is 0.167. The molecule has 0 aliphatic carbocycles. The number of rotatable bonds is 6. The molecule has 0 saturated heterocycles. The molecule has 0 aliphatic heterocycles. The highest BCUT2D eigenvalue weighted by Crippen LogP contribution is 2.26. The molecule has 1 aromatic carbocycles. The van der Waals surface area contributed by atoms with Crippen LogP contribution in [0.3, 0.4) is 0 Å². The Bertz CT molecular complexity index is 332. The van der Waals surface area contributed by atoms with Crippen LogP contribution in [0, 0.1) is 0 Å². The predicted octanol–water partition coefficient (Wildman–Crippen LogP) is 3.62. The van der Waals surface area contributed by atoms with Crippen molar-refractivity contribution in [2.75, 3.05) is 12.4 Å². The molecular weight excluding hydrogens is 282 g/mol. The molecule has 2 nitrogen and oxygen atoms in total. The number of hydrogen-bond acceptors (Lipinski definition) is 2. The first-order valence-corrected chi connectivity index (χ1v) is 5.97. The van der Waals surface area contributed by atoms with Crippen LogP contribution in [0.15, 0.2) is 18.2 Å². The predicted molar refractivity (Wildman–Crippen MR) is 61.7 cm³/mol. The lowest BCUT2D eigenvalue weighted by Crippen LogP contribution is -2.03. The summed E-state index contributed by atoms with van der Waals surface area (Å²) in [7, 11) is 1.56. The van der Waals surface area contributed by atoms with Crippen LogP contribution >= 0.6 is 15.9 Å². The normalized spacial score (nSPS) is 10.6. The van der Waals surface area contributed by atoms with Crippen molar-refractivity contribution in [1.82, 2.24) is 0 Å². The van der Waals surface area contributed by atoms with Crippen LogP contribution < -0.4 is 9.47 Å². The van der Waals surface area contributed by atoms with Gasteiger partial charge < -0.3 is 9.47 Å². The third kappa shape index (κ3) is 3.96. The molecule has 0 aromatic heterocycles. The van der Waals surface area contributed by atoms with Crippen LogP contribution in [0.5, 0.6) is 11.5 Å². The average Bonchev–Trinajstić information content (AvgIpc) is 2.25. The maximum Gasteiger partial charge on any atom is 0.387 e. The monoisotopic (exact) mass is 294 g/mol. The number of methoxy groups -OCH3 is 1. The summed E-state index contributed by atoms with van der Waals surface area (Å²) in [5.41, 5.74) is 0.875. The Balaban J connectivity index is 2.83. The molecule has 0 heterocycles. The summed E-state index contributed by atoms with van der Waals surface area (Å²) < 4.78 is 33.5. The molecule has 1 aromatic rings. The van der Waals surface area contributed by atoms with E-state index < -0.39 is 6.61 Å². The molecule has 0 saturated carbocycles. The zero-order valence-electron chi connectivity index (χ0n) is 8.88. The van der Waals surface area contributed by atoms with E-state index in [-0.39, 0.29) is 5.75 Å². The van der Waals surface area contributed by atoms with Gasteiger partial charge in [-0.3, -0.25) is 0 Å². The largest absolute Gasteiger partial charge is 0.496 e. The minimum Gasteiger partial charge on any atom is -0.496 e. The lowest BCUT2D eigenvalue weighted by molar-refractivity contribution is -0.0499. The molecule has 5 heteroatoms. The maximum atomic E-state index is 12.0. The number of alkyl halides is 3. The van der Waals surface area contributed by atoms with Gasteiger partial charge in [0.25, 0.3) is 0 Å². The highest BCUT2D eigenvalue weighted by Gasteiger charge is 2.08. The molecule has 1 rings (SSSR count). The first-order chi connectivity index (χ1) is 7.67. The molecule has 0 N–H and O–H groups in total. The van der Waals surface area contributed by atoms with Crippen molar-refractivity contribution >= 4 is 15.9 Å². The Morgan fingerprint density at radius 1 is 1.38 bits per heavy atom. The Morgan fingerprint density at radius 2 is 2.12 bits per heavy atom. The van der Waals surface area contributed by atoms with Gasteiger partial charge in [0, 0.05) is 5.33 Å². The van der Waals surface area contributed by atoms with E-state index in [0.717, 1.165) is 23.7 Å². The van der Waals surface area contributed by atoms with Gasteiger partial charge in [-0.2, -0.15) is 8.78 Å². The second-order valence-corrected chi connectivity index (χ2v) is 3.94. The van der Waals surface area contributed by atoms with Crippen molar-refractivity contribution in [2.24, 2.45) is 0 Å². The number of halogens is 3. The molecule has 0 radical (unpaired) electrons. The standard InChI is InChI=1S/C11H13BrF2O2/c1-15-10-5-4-9(16-11(13)14)7-8(10)3-2-6-12/h4-5,7,11H,2-3,6H2,1H3. The fraction of sp³-hybridized carbons (Fsp3) is 0.455. The minimum atomic E-state index is -2.79. The molecule has 0 fully saturated rings. The van der Waals surface area contributed by atoms with E-state index in [4.69, 9.17) is 4.74 Å². The third-order valence-electron chi connectivity index (χ3n) is 2.06. The van der Waals surface area contributed by atoms with Crippen LogP contribution in [0.1, 0.15) is 12.0 Å². The van der Waals surface area contributed by atoms with E-state index in [1.165, 1.54) is 6.07 Å². The fourth-order valence-electron chi connectivity index (χ4n) is 1.38. The van der Waals surface area contributed by atoms with E-state index in [0.29, 0.717) is 5.75 Å². The smallest absolute Gasteiger partial charge is 0.387 e. The third-order valence-corrected chi connectivity index (χ3v) is 2.62.